The fraction of sp³-hybridized carbons (Fsp3) is 0.588. The zero-order chi connectivity index (χ0) is 13.1. The minimum absolute atomic E-state index is 0.294. The topological polar surface area (TPSA) is 26.3 Å². The van der Waals surface area contributed by atoms with Crippen LogP contribution in [0.1, 0.15) is 67.3 Å². The van der Waals surface area contributed by atoms with Crippen LogP contribution >= 0.6 is 0 Å². The van der Waals surface area contributed by atoms with E-state index >= 15 is 0 Å². The Balaban J connectivity index is 1.72. The zero-order valence-corrected chi connectivity index (χ0v) is 11.5. The maximum absolute atomic E-state index is 11.8. The summed E-state index contributed by atoms with van der Waals surface area (Å²) in [5.41, 5.74) is 2.10. The molecule has 0 spiro atoms. The highest BCUT2D eigenvalue weighted by atomic mass is 16.5. The van der Waals surface area contributed by atoms with Gasteiger partial charge < -0.3 is 4.74 Å². The van der Waals surface area contributed by atoms with Crippen LogP contribution in [0.3, 0.4) is 0 Å². The first-order chi connectivity index (χ1) is 9.33. The van der Waals surface area contributed by atoms with Gasteiger partial charge in [-0.2, -0.15) is 0 Å². The fourth-order valence-electron chi connectivity index (χ4n) is 3.25. The number of carbonyl (C=O) groups excluding carboxylic acids is 1. The van der Waals surface area contributed by atoms with Crippen molar-refractivity contribution < 1.29 is 9.53 Å². The Morgan fingerprint density at radius 1 is 0.947 bits per heavy atom. The first kappa shape index (κ1) is 12.7. The van der Waals surface area contributed by atoms with Gasteiger partial charge in [0.25, 0.3) is 0 Å². The third-order valence-corrected chi connectivity index (χ3v) is 4.33. The highest BCUT2D eigenvalue weighted by Gasteiger charge is 2.19. The number of carbonyl (C=O) groups is 1. The molecule has 1 fully saturated rings. The Morgan fingerprint density at radius 3 is 2.53 bits per heavy atom. The summed E-state index contributed by atoms with van der Waals surface area (Å²) >= 11 is 0. The van der Waals surface area contributed by atoms with Crippen LogP contribution in [0.15, 0.2) is 18.2 Å². The standard InChI is InChI=1S/C17H22O2/c18-17-9-5-6-13-12-15(10-11-16(13)17)19-14-7-3-1-2-4-8-14/h10-12,14H,1-9H2. The van der Waals surface area contributed by atoms with Gasteiger partial charge in [-0.15, -0.1) is 0 Å². The molecule has 0 aliphatic heterocycles. The molecule has 0 atom stereocenters. The first-order valence-corrected chi connectivity index (χ1v) is 7.66. The van der Waals surface area contributed by atoms with Crippen molar-refractivity contribution in [2.75, 3.05) is 0 Å². The lowest BCUT2D eigenvalue weighted by Crippen LogP contribution is -2.16. The van der Waals surface area contributed by atoms with Crippen molar-refractivity contribution >= 4 is 5.78 Å². The number of hydrogen-bond donors (Lipinski definition) is 0. The average molecular weight is 258 g/mol. The number of aryl methyl sites for hydroxylation is 1. The predicted octanol–water partition coefficient (Wildman–Crippen LogP) is 4.31. The quantitative estimate of drug-likeness (QED) is 0.739. The molecule has 0 amide bonds. The minimum Gasteiger partial charge on any atom is -0.490 e. The van der Waals surface area contributed by atoms with Crippen LogP contribution in [0.2, 0.25) is 0 Å². The van der Waals surface area contributed by atoms with Crippen LogP contribution in [0.4, 0.5) is 0 Å². The van der Waals surface area contributed by atoms with Gasteiger partial charge >= 0.3 is 0 Å². The van der Waals surface area contributed by atoms with E-state index in [-0.39, 0.29) is 0 Å². The van der Waals surface area contributed by atoms with Crippen molar-refractivity contribution in [2.45, 2.75) is 63.9 Å². The molecule has 2 aliphatic carbocycles. The molecule has 2 heteroatoms. The molecular weight excluding hydrogens is 236 g/mol. The van der Waals surface area contributed by atoms with Crippen LogP contribution in [0.25, 0.3) is 0 Å². The van der Waals surface area contributed by atoms with Gasteiger partial charge in [0.1, 0.15) is 5.75 Å². The molecule has 0 radical (unpaired) electrons. The second kappa shape index (κ2) is 5.77. The Morgan fingerprint density at radius 2 is 1.74 bits per heavy atom. The third-order valence-electron chi connectivity index (χ3n) is 4.33. The molecule has 102 valence electrons. The largest absolute Gasteiger partial charge is 0.490 e. The minimum atomic E-state index is 0.294. The van der Waals surface area contributed by atoms with E-state index in [9.17, 15) is 4.79 Å². The Hall–Kier alpha value is -1.31. The summed E-state index contributed by atoms with van der Waals surface area (Å²) in [5, 5.41) is 0. The lowest BCUT2D eigenvalue weighted by atomic mass is 9.90. The first-order valence-electron chi connectivity index (χ1n) is 7.66. The molecule has 19 heavy (non-hydrogen) atoms. The summed E-state index contributed by atoms with van der Waals surface area (Å²) in [5.74, 6) is 1.25. The zero-order valence-electron chi connectivity index (χ0n) is 11.5. The van der Waals surface area contributed by atoms with E-state index in [1.165, 1.54) is 44.1 Å². The van der Waals surface area contributed by atoms with Crippen molar-refractivity contribution in [3.05, 3.63) is 29.3 Å². The fourth-order valence-corrected chi connectivity index (χ4v) is 3.25. The van der Waals surface area contributed by atoms with E-state index in [4.69, 9.17) is 4.74 Å². The molecule has 2 nitrogen and oxygen atoms in total. The van der Waals surface area contributed by atoms with Gasteiger partial charge in [0.15, 0.2) is 5.78 Å². The normalized spacial score (nSPS) is 20.7. The van der Waals surface area contributed by atoms with Crippen LogP contribution in [0, 0.1) is 0 Å². The van der Waals surface area contributed by atoms with Gasteiger partial charge in [0.2, 0.25) is 0 Å². The van der Waals surface area contributed by atoms with Gasteiger partial charge in [-0.25, -0.2) is 0 Å². The molecule has 3 rings (SSSR count). The van der Waals surface area contributed by atoms with E-state index < -0.39 is 0 Å². The Bertz CT molecular complexity index is 456. The SMILES string of the molecule is O=C1CCCc2cc(OC3CCCCCC3)ccc21. The summed E-state index contributed by atoms with van der Waals surface area (Å²) in [4.78, 5) is 11.8. The second-order valence-electron chi connectivity index (χ2n) is 5.83. The second-order valence-corrected chi connectivity index (χ2v) is 5.83. The molecule has 0 bridgehead atoms. The van der Waals surface area contributed by atoms with Crippen molar-refractivity contribution in [1.29, 1.82) is 0 Å². The van der Waals surface area contributed by atoms with Gasteiger partial charge in [-0.1, -0.05) is 12.8 Å². The lowest BCUT2D eigenvalue weighted by molar-refractivity contribution is 0.0972. The summed E-state index contributed by atoms with van der Waals surface area (Å²) in [6, 6.07) is 6.03. The predicted molar refractivity (Wildman–Crippen MR) is 75.8 cm³/mol. The van der Waals surface area contributed by atoms with Gasteiger partial charge in [0, 0.05) is 12.0 Å². The molecule has 2 aliphatic rings. The van der Waals surface area contributed by atoms with Crippen molar-refractivity contribution in [3.8, 4) is 5.75 Å². The number of benzene rings is 1. The number of rotatable bonds is 2. The van der Waals surface area contributed by atoms with E-state index in [0.29, 0.717) is 18.3 Å². The highest BCUT2D eigenvalue weighted by molar-refractivity contribution is 5.98. The van der Waals surface area contributed by atoms with Crippen LogP contribution in [-0.2, 0) is 6.42 Å². The van der Waals surface area contributed by atoms with Crippen LogP contribution in [-0.4, -0.2) is 11.9 Å². The Labute approximate surface area is 115 Å². The maximum atomic E-state index is 11.8. The van der Waals surface area contributed by atoms with Crippen molar-refractivity contribution in [2.24, 2.45) is 0 Å². The molecule has 1 aromatic rings. The summed E-state index contributed by atoms with van der Waals surface area (Å²) < 4.78 is 6.13. The number of fused-ring (bicyclic) bond motifs is 1. The summed E-state index contributed by atoms with van der Waals surface area (Å²) in [6.45, 7) is 0. The monoisotopic (exact) mass is 258 g/mol. The van der Waals surface area contributed by atoms with E-state index in [0.717, 1.165) is 24.2 Å². The Kier molecular flexibility index (Phi) is 3.86. The van der Waals surface area contributed by atoms with Crippen LogP contribution in [0.5, 0.6) is 5.75 Å². The van der Waals surface area contributed by atoms with E-state index in [2.05, 4.69) is 6.07 Å². The molecule has 1 aromatic carbocycles. The van der Waals surface area contributed by atoms with Crippen molar-refractivity contribution in [1.82, 2.24) is 0 Å². The van der Waals surface area contributed by atoms with Gasteiger partial charge in [-0.05, 0) is 62.3 Å². The number of ether oxygens (including phenoxy) is 1. The van der Waals surface area contributed by atoms with E-state index in [1.807, 2.05) is 12.1 Å². The molecule has 0 heterocycles. The lowest BCUT2D eigenvalue weighted by Gasteiger charge is -2.20. The number of ketones is 1. The summed E-state index contributed by atoms with van der Waals surface area (Å²) in [6.07, 6.45) is 10.7. The maximum Gasteiger partial charge on any atom is 0.163 e. The molecule has 1 saturated carbocycles. The molecule has 0 unspecified atom stereocenters. The highest BCUT2D eigenvalue weighted by Crippen LogP contribution is 2.28. The van der Waals surface area contributed by atoms with Crippen molar-refractivity contribution in [3.63, 3.8) is 0 Å². The summed E-state index contributed by atoms with van der Waals surface area (Å²) in [7, 11) is 0. The molecule has 0 aromatic heterocycles. The average Bonchev–Trinajstić information content (AvgIpc) is 2.68. The molecule has 0 saturated heterocycles. The molecular formula is C17H22O2. The van der Waals surface area contributed by atoms with Gasteiger partial charge in [0.05, 0.1) is 6.10 Å². The van der Waals surface area contributed by atoms with Gasteiger partial charge in [-0.3, -0.25) is 4.79 Å². The third kappa shape index (κ3) is 2.99. The van der Waals surface area contributed by atoms with Crippen LogP contribution < -0.4 is 4.74 Å². The van der Waals surface area contributed by atoms with E-state index in [1.54, 1.807) is 0 Å². The number of Topliss-reactive ketones (excluding diaryl/α,β-unsaturated/α-hetero) is 1. The number of hydrogen-bond acceptors (Lipinski definition) is 2. The smallest absolute Gasteiger partial charge is 0.163 e. The molecule has 0 N–H and O–H groups in total.